The third-order valence-corrected chi connectivity index (χ3v) is 3.93. The molecule has 5 nitrogen and oxygen atoms in total. The summed E-state index contributed by atoms with van der Waals surface area (Å²) in [5, 5.41) is 9.07. The van der Waals surface area contributed by atoms with Crippen LogP contribution in [0, 0.1) is 11.8 Å². The number of nitrogens with two attached hydrogens (primary N) is 1. The SMILES string of the molecule is NC[C@H]1CCC[C@H]1C(=O)N1CCOC(CO)C1. The Morgan fingerprint density at radius 3 is 3.00 bits per heavy atom. The second-order valence-electron chi connectivity index (χ2n) is 4.99. The van der Waals surface area contributed by atoms with Gasteiger partial charge in [0.15, 0.2) is 0 Å². The van der Waals surface area contributed by atoms with Crippen molar-refractivity contribution >= 4 is 5.91 Å². The molecule has 0 aromatic rings. The summed E-state index contributed by atoms with van der Waals surface area (Å²) >= 11 is 0. The summed E-state index contributed by atoms with van der Waals surface area (Å²) in [5.41, 5.74) is 5.71. The van der Waals surface area contributed by atoms with Gasteiger partial charge >= 0.3 is 0 Å². The first-order valence-electron chi connectivity index (χ1n) is 6.47. The first kappa shape index (κ1) is 12.8. The molecule has 3 atom stereocenters. The maximum Gasteiger partial charge on any atom is 0.226 e. The lowest BCUT2D eigenvalue weighted by atomic mass is 9.94. The van der Waals surface area contributed by atoms with Crippen LogP contribution in [0.3, 0.4) is 0 Å². The Kier molecular flexibility index (Phi) is 4.36. The van der Waals surface area contributed by atoms with Crippen LogP contribution >= 0.6 is 0 Å². The van der Waals surface area contributed by atoms with Crippen LogP contribution < -0.4 is 5.73 Å². The van der Waals surface area contributed by atoms with E-state index in [9.17, 15) is 4.79 Å². The number of aliphatic hydroxyl groups is 1. The Labute approximate surface area is 102 Å². The predicted molar refractivity (Wildman–Crippen MR) is 63.3 cm³/mol. The fourth-order valence-corrected chi connectivity index (χ4v) is 2.91. The summed E-state index contributed by atoms with van der Waals surface area (Å²) in [6.45, 7) is 2.27. The molecule has 0 aromatic carbocycles. The van der Waals surface area contributed by atoms with Crippen molar-refractivity contribution in [2.45, 2.75) is 25.4 Å². The molecule has 1 heterocycles. The van der Waals surface area contributed by atoms with Gasteiger partial charge < -0.3 is 20.5 Å². The van der Waals surface area contributed by atoms with E-state index in [4.69, 9.17) is 15.6 Å². The second kappa shape index (κ2) is 5.80. The molecule has 17 heavy (non-hydrogen) atoms. The first-order chi connectivity index (χ1) is 8.26. The van der Waals surface area contributed by atoms with E-state index in [0.29, 0.717) is 32.2 Å². The van der Waals surface area contributed by atoms with Crippen molar-refractivity contribution in [2.75, 3.05) is 32.8 Å². The average molecular weight is 242 g/mol. The van der Waals surface area contributed by atoms with Gasteiger partial charge in [-0.1, -0.05) is 6.42 Å². The van der Waals surface area contributed by atoms with E-state index in [1.54, 1.807) is 0 Å². The Morgan fingerprint density at radius 2 is 2.29 bits per heavy atom. The number of aliphatic hydroxyl groups excluding tert-OH is 1. The van der Waals surface area contributed by atoms with E-state index in [0.717, 1.165) is 19.3 Å². The van der Waals surface area contributed by atoms with E-state index in [1.165, 1.54) is 0 Å². The average Bonchev–Trinajstić information content (AvgIpc) is 2.86. The minimum absolute atomic E-state index is 0.0191. The van der Waals surface area contributed by atoms with Crippen LogP contribution in [0.5, 0.6) is 0 Å². The quantitative estimate of drug-likeness (QED) is 0.705. The molecule has 1 amide bonds. The van der Waals surface area contributed by atoms with Gasteiger partial charge in [-0.2, -0.15) is 0 Å². The van der Waals surface area contributed by atoms with Gasteiger partial charge in [-0.15, -0.1) is 0 Å². The standard InChI is InChI=1S/C12H22N2O3/c13-6-9-2-1-3-11(9)12(16)14-4-5-17-10(7-14)8-15/h9-11,15H,1-8,13H2/t9-,10?,11-/m1/s1. The Balaban J connectivity index is 1.94. The van der Waals surface area contributed by atoms with Crippen molar-refractivity contribution in [3.05, 3.63) is 0 Å². The molecule has 0 bridgehead atoms. The lowest BCUT2D eigenvalue weighted by Crippen LogP contribution is -2.49. The van der Waals surface area contributed by atoms with Gasteiger partial charge in [-0.25, -0.2) is 0 Å². The van der Waals surface area contributed by atoms with Crippen LogP contribution in [0.2, 0.25) is 0 Å². The Bertz CT molecular complexity index is 272. The fraction of sp³-hybridized carbons (Fsp3) is 0.917. The maximum atomic E-state index is 12.4. The third-order valence-electron chi connectivity index (χ3n) is 3.93. The van der Waals surface area contributed by atoms with Crippen molar-refractivity contribution < 1.29 is 14.6 Å². The number of rotatable bonds is 3. The number of amides is 1. The van der Waals surface area contributed by atoms with Gasteiger partial charge in [0.05, 0.1) is 19.3 Å². The van der Waals surface area contributed by atoms with E-state index >= 15 is 0 Å². The molecule has 0 aromatic heterocycles. The molecule has 2 rings (SSSR count). The second-order valence-corrected chi connectivity index (χ2v) is 4.99. The van der Waals surface area contributed by atoms with Gasteiger partial charge in [0.25, 0.3) is 0 Å². The van der Waals surface area contributed by atoms with Gasteiger partial charge in [0.2, 0.25) is 5.91 Å². The lowest BCUT2D eigenvalue weighted by molar-refractivity contribution is -0.145. The summed E-state index contributed by atoms with van der Waals surface area (Å²) in [5.74, 6) is 0.648. The van der Waals surface area contributed by atoms with Crippen molar-refractivity contribution in [1.82, 2.24) is 4.90 Å². The third kappa shape index (κ3) is 2.78. The maximum absolute atomic E-state index is 12.4. The molecular weight excluding hydrogens is 220 g/mol. The zero-order valence-electron chi connectivity index (χ0n) is 10.2. The number of ether oxygens (including phenoxy) is 1. The van der Waals surface area contributed by atoms with Crippen molar-refractivity contribution in [3.8, 4) is 0 Å². The topological polar surface area (TPSA) is 75.8 Å². The van der Waals surface area contributed by atoms with Gasteiger partial charge in [-0.05, 0) is 25.3 Å². The van der Waals surface area contributed by atoms with E-state index < -0.39 is 0 Å². The molecule has 1 unspecified atom stereocenters. The monoisotopic (exact) mass is 242 g/mol. The highest BCUT2D eigenvalue weighted by Crippen LogP contribution is 2.32. The molecule has 3 N–H and O–H groups in total. The molecule has 5 heteroatoms. The van der Waals surface area contributed by atoms with Crippen molar-refractivity contribution in [3.63, 3.8) is 0 Å². The smallest absolute Gasteiger partial charge is 0.226 e. The largest absolute Gasteiger partial charge is 0.394 e. The van der Waals surface area contributed by atoms with E-state index in [1.807, 2.05) is 4.90 Å². The van der Waals surface area contributed by atoms with Gasteiger partial charge in [0.1, 0.15) is 0 Å². The normalized spacial score (nSPS) is 34.0. The van der Waals surface area contributed by atoms with Crippen molar-refractivity contribution in [2.24, 2.45) is 17.6 Å². The van der Waals surface area contributed by atoms with Crippen LogP contribution in [0.1, 0.15) is 19.3 Å². The highest BCUT2D eigenvalue weighted by atomic mass is 16.5. The summed E-state index contributed by atoms with van der Waals surface area (Å²) in [7, 11) is 0. The summed E-state index contributed by atoms with van der Waals surface area (Å²) in [4.78, 5) is 14.2. The van der Waals surface area contributed by atoms with Gasteiger partial charge in [-0.3, -0.25) is 4.79 Å². The van der Waals surface area contributed by atoms with Gasteiger partial charge in [0, 0.05) is 19.0 Å². The number of morpholine rings is 1. The van der Waals surface area contributed by atoms with Crippen LogP contribution in [0.15, 0.2) is 0 Å². The first-order valence-corrected chi connectivity index (χ1v) is 6.47. The summed E-state index contributed by atoms with van der Waals surface area (Å²) in [6.07, 6.45) is 2.92. The molecule has 2 fully saturated rings. The van der Waals surface area contributed by atoms with Crippen LogP contribution in [0.25, 0.3) is 0 Å². The van der Waals surface area contributed by atoms with Crippen LogP contribution in [-0.2, 0) is 9.53 Å². The summed E-state index contributed by atoms with van der Waals surface area (Å²) < 4.78 is 5.35. The molecule has 0 spiro atoms. The molecule has 2 aliphatic rings. The highest BCUT2D eigenvalue weighted by molar-refractivity contribution is 5.79. The number of nitrogens with zero attached hydrogens (tertiary/aromatic N) is 1. The van der Waals surface area contributed by atoms with Crippen molar-refractivity contribution in [1.29, 1.82) is 0 Å². The molecular formula is C12H22N2O3. The molecule has 1 saturated carbocycles. The molecule has 0 radical (unpaired) electrons. The zero-order chi connectivity index (χ0) is 12.3. The fourth-order valence-electron chi connectivity index (χ4n) is 2.91. The molecule has 1 aliphatic carbocycles. The molecule has 98 valence electrons. The molecule has 1 saturated heterocycles. The number of hydrogen-bond donors (Lipinski definition) is 2. The number of carbonyl (C=O) groups excluding carboxylic acids is 1. The minimum Gasteiger partial charge on any atom is -0.394 e. The lowest BCUT2D eigenvalue weighted by Gasteiger charge is -2.34. The predicted octanol–water partition coefficient (Wildman–Crippen LogP) is -0.419. The number of hydrogen-bond acceptors (Lipinski definition) is 4. The Hall–Kier alpha value is -0.650. The van der Waals surface area contributed by atoms with Crippen LogP contribution in [-0.4, -0.2) is 54.9 Å². The number of carbonyl (C=O) groups is 1. The van der Waals surface area contributed by atoms with E-state index in [-0.39, 0.29) is 24.5 Å². The Morgan fingerprint density at radius 1 is 1.47 bits per heavy atom. The zero-order valence-corrected chi connectivity index (χ0v) is 10.2. The summed E-state index contributed by atoms with van der Waals surface area (Å²) in [6, 6.07) is 0. The van der Waals surface area contributed by atoms with E-state index in [2.05, 4.69) is 0 Å². The minimum atomic E-state index is -0.217. The highest BCUT2D eigenvalue weighted by Gasteiger charge is 2.36. The van der Waals surface area contributed by atoms with Crippen LogP contribution in [0.4, 0.5) is 0 Å². The molecule has 1 aliphatic heterocycles.